The van der Waals surface area contributed by atoms with Gasteiger partial charge in [0, 0.05) is 36.2 Å². The first kappa shape index (κ1) is 21.3. The summed E-state index contributed by atoms with van der Waals surface area (Å²) in [6.07, 6.45) is 2.60. The van der Waals surface area contributed by atoms with Crippen LogP contribution in [0.2, 0.25) is 0 Å². The molecule has 0 atom stereocenters. The Balaban J connectivity index is 1.51. The second-order valence-electron chi connectivity index (χ2n) is 6.92. The molecule has 0 radical (unpaired) electrons. The van der Waals surface area contributed by atoms with Gasteiger partial charge in [-0.25, -0.2) is 9.82 Å². The minimum Gasteiger partial charge on any atom is -0.497 e. The van der Waals surface area contributed by atoms with Crippen molar-refractivity contribution in [3.8, 4) is 11.5 Å². The van der Waals surface area contributed by atoms with Crippen LogP contribution in [0.15, 0.2) is 47.6 Å². The van der Waals surface area contributed by atoms with E-state index in [0.717, 1.165) is 0 Å². The molecule has 8 heteroatoms. The summed E-state index contributed by atoms with van der Waals surface area (Å²) in [5.74, 6) is 0.299. The number of likely N-dealkylation sites (tertiary alicyclic amines) is 1. The fourth-order valence-corrected chi connectivity index (χ4v) is 3.30. The van der Waals surface area contributed by atoms with Crippen LogP contribution in [0.4, 0.5) is 4.39 Å². The molecule has 0 aromatic heterocycles. The van der Waals surface area contributed by atoms with Crippen molar-refractivity contribution in [1.82, 2.24) is 10.3 Å². The van der Waals surface area contributed by atoms with Crippen molar-refractivity contribution in [3.63, 3.8) is 0 Å². The molecule has 158 valence electrons. The fraction of sp³-hybridized carbons (Fsp3) is 0.318. The number of hydrogen-bond acceptors (Lipinski definition) is 5. The van der Waals surface area contributed by atoms with Crippen molar-refractivity contribution in [2.45, 2.75) is 12.8 Å². The van der Waals surface area contributed by atoms with Crippen molar-refractivity contribution in [1.29, 1.82) is 0 Å². The number of carbonyl (C=O) groups is 2. The lowest BCUT2D eigenvalue weighted by Gasteiger charge is -2.31. The molecule has 1 heterocycles. The molecule has 7 nitrogen and oxygen atoms in total. The molecule has 0 aliphatic carbocycles. The molecule has 0 spiro atoms. The number of nitrogens with one attached hydrogen (secondary N) is 1. The molecule has 2 amide bonds. The van der Waals surface area contributed by atoms with Crippen molar-refractivity contribution in [3.05, 3.63) is 59.4 Å². The fourth-order valence-electron chi connectivity index (χ4n) is 3.30. The number of hydrazone groups is 1. The van der Waals surface area contributed by atoms with Gasteiger partial charge in [0.15, 0.2) is 0 Å². The standard InChI is InChI=1S/C22H24FN3O4/c1-29-19-8-5-17(20(13-19)30-2)14-24-25-21(27)15-9-11-26(12-10-15)22(28)16-3-6-18(23)7-4-16/h3-8,13-15H,9-12H2,1-2H3,(H,25,27)/b24-14-. The number of piperidine rings is 1. The lowest BCUT2D eigenvalue weighted by atomic mass is 9.95. The summed E-state index contributed by atoms with van der Waals surface area (Å²) < 4.78 is 23.5. The van der Waals surface area contributed by atoms with Gasteiger partial charge in [0.1, 0.15) is 17.3 Å². The van der Waals surface area contributed by atoms with E-state index in [4.69, 9.17) is 9.47 Å². The minimum absolute atomic E-state index is 0.154. The Kier molecular flexibility index (Phi) is 7.00. The van der Waals surface area contributed by atoms with Gasteiger partial charge in [-0.2, -0.15) is 5.10 Å². The van der Waals surface area contributed by atoms with Gasteiger partial charge in [-0.3, -0.25) is 9.59 Å². The largest absolute Gasteiger partial charge is 0.497 e. The van der Waals surface area contributed by atoms with Crippen LogP contribution in [0.25, 0.3) is 0 Å². The van der Waals surface area contributed by atoms with Crippen molar-refractivity contribution in [2.75, 3.05) is 27.3 Å². The van der Waals surface area contributed by atoms with Gasteiger partial charge in [-0.1, -0.05) is 0 Å². The maximum atomic E-state index is 13.0. The molecule has 0 saturated carbocycles. The van der Waals surface area contributed by atoms with Crippen LogP contribution in [-0.2, 0) is 4.79 Å². The summed E-state index contributed by atoms with van der Waals surface area (Å²) in [5.41, 5.74) is 3.71. The SMILES string of the molecule is COc1ccc(/C=N\NC(=O)C2CCN(C(=O)c3ccc(F)cc3)CC2)c(OC)c1. The monoisotopic (exact) mass is 413 g/mol. The van der Waals surface area contributed by atoms with Gasteiger partial charge in [0.2, 0.25) is 5.91 Å². The Morgan fingerprint density at radius 2 is 1.80 bits per heavy atom. The van der Waals surface area contributed by atoms with Crippen LogP contribution in [0.1, 0.15) is 28.8 Å². The number of hydrogen-bond donors (Lipinski definition) is 1. The highest BCUT2D eigenvalue weighted by Gasteiger charge is 2.27. The molecule has 0 bridgehead atoms. The average molecular weight is 413 g/mol. The molecule has 1 aliphatic heterocycles. The Bertz CT molecular complexity index is 922. The summed E-state index contributed by atoms with van der Waals surface area (Å²) in [4.78, 5) is 26.6. The summed E-state index contributed by atoms with van der Waals surface area (Å²) in [6.45, 7) is 0.925. The topological polar surface area (TPSA) is 80.2 Å². The van der Waals surface area contributed by atoms with Crippen LogP contribution in [0.3, 0.4) is 0 Å². The highest BCUT2D eigenvalue weighted by Crippen LogP contribution is 2.23. The normalized spacial score (nSPS) is 14.6. The van der Waals surface area contributed by atoms with E-state index in [2.05, 4.69) is 10.5 Å². The summed E-state index contributed by atoms with van der Waals surface area (Å²) in [5, 5.41) is 4.03. The average Bonchev–Trinajstić information content (AvgIpc) is 2.79. The van der Waals surface area contributed by atoms with Gasteiger partial charge in [0.25, 0.3) is 5.91 Å². The summed E-state index contributed by atoms with van der Waals surface area (Å²) >= 11 is 0. The maximum absolute atomic E-state index is 13.0. The van der Waals surface area contributed by atoms with Gasteiger partial charge in [-0.15, -0.1) is 0 Å². The molecular weight excluding hydrogens is 389 g/mol. The van der Waals surface area contributed by atoms with E-state index >= 15 is 0 Å². The second-order valence-corrected chi connectivity index (χ2v) is 6.92. The Labute approximate surface area is 174 Å². The Morgan fingerprint density at radius 3 is 2.43 bits per heavy atom. The third kappa shape index (κ3) is 5.14. The molecule has 1 fully saturated rings. The molecule has 0 unspecified atom stereocenters. The molecule has 1 aliphatic rings. The number of halogens is 1. The van der Waals surface area contributed by atoms with Crippen LogP contribution in [-0.4, -0.2) is 50.2 Å². The lowest BCUT2D eigenvalue weighted by molar-refractivity contribution is -0.126. The molecule has 2 aromatic rings. The Morgan fingerprint density at radius 1 is 1.10 bits per heavy atom. The lowest BCUT2D eigenvalue weighted by Crippen LogP contribution is -2.42. The van der Waals surface area contributed by atoms with E-state index in [1.807, 2.05) is 0 Å². The van der Waals surface area contributed by atoms with E-state index < -0.39 is 0 Å². The summed E-state index contributed by atoms with van der Waals surface area (Å²) in [6, 6.07) is 10.8. The van der Waals surface area contributed by atoms with Crippen LogP contribution in [0, 0.1) is 11.7 Å². The number of ether oxygens (including phenoxy) is 2. The molecule has 3 rings (SSSR count). The van der Waals surface area contributed by atoms with Crippen molar-refractivity contribution >= 4 is 18.0 Å². The first-order valence-corrected chi connectivity index (χ1v) is 9.61. The van der Waals surface area contributed by atoms with Gasteiger partial charge >= 0.3 is 0 Å². The van der Waals surface area contributed by atoms with E-state index in [1.54, 1.807) is 37.3 Å². The predicted octanol–water partition coefficient (Wildman–Crippen LogP) is 2.85. The summed E-state index contributed by atoms with van der Waals surface area (Å²) in [7, 11) is 3.12. The maximum Gasteiger partial charge on any atom is 0.253 e. The van der Waals surface area contributed by atoms with E-state index in [0.29, 0.717) is 48.6 Å². The van der Waals surface area contributed by atoms with Crippen LogP contribution in [0.5, 0.6) is 11.5 Å². The van der Waals surface area contributed by atoms with Crippen LogP contribution < -0.4 is 14.9 Å². The van der Waals surface area contributed by atoms with Crippen molar-refractivity contribution < 1.29 is 23.5 Å². The number of benzene rings is 2. The number of amides is 2. The molecular formula is C22H24FN3O4. The third-order valence-electron chi connectivity index (χ3n) is 5.06. The zero-order chi connectivity index (χ0) is 21.5. The van der Waals surface area contributed by atoms with Gasteiger partial charge in [0.05, 0.1) is 20.4 Å². The van der Waals surface area contributed by atoms with Gasteiger partial charge in [-0.05, 0) is 49.2 Å². The Hall–Kier alpha value is -3.42. The molecule has 1 N–H and O–H groups in total. The van der Waals surface area contributed by atoms with E-state index in [-0.39, 0.29) is 23.5 Å². The zero-order valence-electron chi connectivity index (χ0n) is 16.9. The van der Waals surface area contributed by atoms with Gasteiger partial charge < -0.3 is 14.4 Å². The highest BCUT2D eigenvalue weighted by atomic mass is 19.1. The zero-order valence-corrected chi connectivity index (χ0v) is 16.9. The predicted molar refractivity (Wildman–Crippen MR) is 110 cm³/mol. The first-order chi connectivity index (χ1) is 14.5. The number of carbonyl (C=O) groups excluding carboxylic acids is 2. The smallest absolute Gasteiger partial charge is 0.253 e. The quantitative estimate of drug-likeness (QED) is 0.583. The highest BCUT2D eigenvalue weighted by molar-refractivity contribution is 5.94. The molecule has 1 saturated heterocycles. The first-order valence-electron chi connectivity index (χ1n) is 9.61. The van der Waals surface area contributed by atoms with Crippen LogP contribution >= 0.6 is 0 Å². The number of nitrogens with zero attached hydrogens (tertiary/aromatic N) is 2. The van der Waals surface area contributed by atoms with E-state index in [9.17, 15) is 14.0 Å². The van der Waals surface area contributed by atoms with Crippen molar-refractivity contribution in [2.24, 2.45) is 11.0 Å². The second kappa shape index (κ2) is 9.87. The number of rotatable bonds is 6. The van der Waals surface area contributed by atoms with E-state index in [1.165, 1.54) is 30.5 Å². The third-order valence-corrected chi connectivity index (χ3v) is 5.06. The minimum atomic E-state index is -0.380. The molecule has 2 aromatic carbocycles. The number of methoxy groups -OCH3 is 2. The molecule has 30 heavy (non-hydrogen) atoms.